The fourth-order valence-electron chi connectivity index (χ4n) is 1.53. The van der Waals surface area contributed by atoms with E-state index in [0.29, 0.717) is 17.9 Å². The summed E-state index contributed by atoms with van der Waals surface area (Å²) in [5.74, 6) is 5.43. The van der Waals surface area contributed by atoms with Crippen LogP contribution in [-0.4, -0.2) is 30.6 Å². The molecule has 0 saturated heterocycles. The van der Waals surface area contributed by atoms with Crippen LogP contribution in [0.25, 0.3) is 0 Å². The molecule has 1 amide bonds. The first-order valence-corrected chi connectivity index (χ1v) is 5.80. The summed E-state index contributed by atoms with van der Waals surface area (Å²) < 4.78 is 5.09. The number of nitrogens with zero attached hydrogens (tertiary/aromatic N) is 1. The predicted molar refractivity (Wildman–Crippen MR) is 70.0 cm³/mol. The molecule has 0 bridgehead atoms. The number of carbonyl (C=O) groups excluding carboxylic acids is 1. The van der Waals surface area contributed by atoms with Crippen LogP contribution >= 0.6 is 0 Å². The number of hydrazine groups is 1. The molecule has 1 aromatic rings. The molecule has 6 nitrogen and oxygen atoms in total. The van der Waals surface area contributed by atoms with Crippen LogP contribution in [0.3, 0.4) is 0 Å². The summed E-state index contributed by atoms with van der Waals surface area (Å²) in [5.41, 5.74) is 3.42. The van der Waals surface area contributed by atoms with Crippen molar-refractivity contribution in [2.45, 2.75) is 19.9 Å². The zero-order valence-corrected chi connectivity index (χ0v) is 10.9. The Morgan fingerprint density at radius 2 is 2.28 bits per heavy atom. The highest BCUT2D eigenvalue weighted by Gasteiger charge is 2.18. The molecule has 1 heterocycles. The summed E-state index contributed by atoms with van der Waals surface area (Å²) in [6.45, 7) is 4.52. The quantitative estimate of drug-likeness (QED) is 0.514. The Morgan fingerprint density at radius 3 is 2.83 bits per heavy atom. The largest absolute Gasteiger partial charge is 0.383 e. The van der Waals surface area contributed by atoms with Crippen LogP contribution in [0.2, 0.25) is 0 Å². The highest BCUT2D eigenvalue weighted by atomic mass is 16.5. The molecule has 1 rings (SSSR count). The second kappa shape index (κ2) is 6.93. The van der Waals surface area contributed by atoms with Gasteiger partial charge in [-0.05, 0) is 12.0 Å². The lowest BCUT2D eigenvalue weighted by Gasteiger charge is -2.22. The number of methoxy groups -OCH3 is 1. The molecular formula is C12H20N4O2. The minimum Gasteiger partial charge on any atom is -0.383 e. The fourth-order valence-corrected chi connectivity index (χ4v) is 1.53. The van der Waals surface area contributed by atoms with E-state index in [2.05, 4.69) is 15.7 Å². The molecule has 0 saturated carbocycles. The molecule has 1 aromatic heterocycles. The average molecular weight is 252 g/mol. The predicted octanol–water partition coefficient (Wildman–Crippen LogP) is 0.768. The van der Waals surface area contributed by atoms with Crippen molar-refractivity contribution in [3.8, 4) is 0 Å². The van der Waals surface area contributed by atoms with Crippen molar-refractivity contribution in [2.24, 2.45) is 11.8 Å². The molecule has 4 N–H and O–H groups in total. The van der Waals surface area contributed by atoms with Crippen molar-refractivity contribution in [1.29, 1.82) is 0 Å². The van der Waals surface area contributed by atoms with Gasteiger partial charge in [0.15, 0.2) is 0 Å². The highest BCUT2D eigenvalue weighted by molar-refractivity contribution is 5.99. The first-order valence-electron chi connectivity index (χ1n) is 5.80. The Balaban J connectivity index is 2.80. The fraction of sp³-hybridized carbons (Fsp3) is 0.500. The van der Waals surface area contributed by atoms with Gasteiger partial charge in [-0.2, -0.15) is 0 Å². The highest BCUT2D eigenvalue weighted by Crippen LogP contribution is 2.12. The van der Waals surface area contributed by atoms with Gasteiger partial charge in [-0.15, -0.1) is 0 Å². The number of nitrogen functional groups attached to an aromatic ring is 1. The van der Waals surface area contributed by atoms with Crippen molar-refractivity contribution in [3.05, 3.63) is 24.0 Å². The van der Waals surface area contributed by atoms with E-state index in [4.69, 9.17) is 10.6 Å². The van der Waals surface area contributed by atoms with Crippen LogP contribution in [0.1, 0.15) is 24.2 Å². The van der Waals surface area contributed by atoms with Crippen molar-refractivity contribution in [1.82, 2.24) is 10.3 Å². The molecule has 0 aliphatic heterocycles. The second-order valence-corrected chi connectivity index (χ2v) is 4.34. The van der Waals surface area contributed by atoms with E-state index in [1.165, 1.54) is 6.20 Å². The minimum atomic E-state index is -0.193. The number of ether oxygens (including phenoxy) is 1. The number of carbonyl (C=O) groups is 1. The van der Waals surface area contributed by atoms with E-state index >= 15 is 0 Å². The standard InChI is InChI=1S/C12H20N4O2/c1-8(2)11(7-18-3)15-12(17)9-4-5-14-6-10(9)16-13/h4-6,8,11,16H,7,13H2,1-3H3,(H,15,17). The maximum Gasteiger partial charge on any atom is 0.253 e. The molecule has 6 heteroatoms. The Kier molecular flexibility index (Phi) is 5.54. The van der Waals surface area contributed by atoms with Gasteiger partial charge in [-0.25, -0.2) is 0 Å². The molecule has 100 valence electrons. The van der Waals surface area contributed by atoms with E-state index in [1.54, 1.807) is 19.4 Å². The van der Waals surface area contributed by atoms with E-state index < -0.39 is 0 Å². The van der Waals surface area contributed by atoms with Crippen LogP contribution in [0.5, 0.6) is 0 Å². The maximum absolute atomic E-state index is 12.1. The van der Waals surface area contributed by atoms with Crippen LogP contribution in [-0.2, 0) is 4.74 Å². The summed E-state index contributed by atoms with van der Waals surface area (Å²) in [7, 11) is 1.61. The number of hydrogen-bond donors (Lipinski definition) is 3. The van der Waals surface area contributed by atoms with Crippen LogP contribution < -0.4 is 16.6 Å². The van der Waals surface area contributed by atoms with Gasteiger partial charge in [0.25, 0.3) is 5.91 Å². The Hall–Kier alpha value is -1.66. The number of amides is 1. The van der Waals surface area contributed by atoms with E-state index in [1.807, 2.05) is 13.8 Å². The van der Waals surface area contributed by atoms with Crippen molar-refractivity contribution in [3.63, 3.8) is 0 Å². The van der Waals surface area contributed by atoms with Crippen molar-refractivity contribution >= 4 is 11.6 Å². The topological polar surface area (TPSA) is 89.3 Å². The van der Waals surface area contributed by atoms with E-state index in [-0.39, 0.29) is 17.9 Å². The maximum atomic E-state index is 12.1. The van der Waals surface area contributed by atoms with Gasteiger partial charge in [0.1, 0.15) is 0 Å². The lowest BCUT2D eigenvalue weighted by Crippen LogP contribution is -2.42. The molecule has 1 atom stereocenters. The number of pyridine rings is 1. The normalized spacial score (nSPS) is 12.3. The minimum absolute atomic E-state index is 0.0405. The van der Waals surface area contributed by atoms with Crippen LogP contribution in [0, 0.1) is 5.92 Å². The number of nitrogens with one attached hydrogen (secondary N) is 2. The number of anilines is 1. The Bertz CT molecular complexity index is 395. The first-order chi connectivity index (χ1) is 8.60. The van der Waals surface area contributed by atoms with Gasteiger partial charge < -0.3 is 15.5 Å². The summed E-state index contributed by atoms with van der Waals surface area (Å²) in [6, 6.07) is 1.58. The molecule has 1 unspecified atom stereocenters. The van der Waals surface area contributed by atoms with Crippen LogP contribution in [0.4, 0.5) is 5.69 Å². The van der Waals surface area contributed by atoms with E-state index in [9.17, 15) is 4.79 Å². The lowest BCUT2D eigenvalue weighted by molar-refractivity contribution is 0.0867. The van der Waals surface area contributed by atoms with Gasteiger partial charge in [-0.3, -0.25) is 15.6 Å². The number of nitrogens with two attached hydrogens (primary N) is 1. The van der Waals surface area contributed by atoms with Crippen LogP contribution in [0.15, 0.2) is 18.5 Å². The number of aromatic nitrogens is 1. The number of rotatable bonds is 6. The summed E-state index contributed by atoms with van der Waals surface area (Å²) in [5, 5.41) is 2.92. The molecule has 18 heavy (non-hydrogen) atoms. The molecule has 0 fully saturated rings. The molecule has 0 aliphatic carbocycles. The Labute approximate surface area is 107 Å². The Morgan fingerprint density at radius 1 is 1.56 bits per heavy atom. The monoisotopic (exact) mass is 252 g/mol. The summed E-state index contributed by atoms with van der Waals surface area (Å²) >= 11 is 0. The molecular weight excluding hydrogens is 232 g/mol. The molecule has 0 aromatic carbocycles. The molecule has 0 radical (unpaired) electrons. The zero-order valence-electron chi connectivity index (χ0n) is 10.9. The third-order valence-corrected chi connectivity index (χ3v) is 2.69. The smallest absolute Gasteiger partial charge is 0.253 e. The van der Waals surface area contributed by atoms with E-state index in [0.717, 1.165) is 0 Å². The van der Waals surface area contributed by atoms with Gasteiger partial charge >= 0.3 is 0 Å². The van der Waals surface area contributed by atoms with Gasteiger partial charge in [-0.1, -0.05) is 13.8 Å². The first kappa shape index (κ1) is 14.4. The zero-order chi connectivity index (χ0) is 13.5. The van der Waals surface area contributed by atoms with Crippen molar-refractivity contribution < 1.29 is 9.53 Å². The van der Waals surface area contributed by atoms with Gasteiger partial charge in [0.2, 0.25) is 0 Å². The third kappa shape index (κ3) is 3.68. The average Bonchev–Trinajstić information content (AvgIpc) is 2.37. The SMILES string of the molecule is COCC(NC(=O)c1ccncc1NN)C(C)C. The lowest BCUT2D eigenvalue weighted by atomic mass is 10.0. The second-order valence-electron chi connectivity index (χ2n) is 4.34. The third-order valence-electron chi connectivity index (χ3n) is 2.69. The van der Waals surface area contributed by atoms with Gasteiger partial charge in [0, 0.05) is 13.3 Å². The molecule has 0 aliphatic rings. The van der Waals surface area contributed by atoms with Gasteiger partial charge in [0.05, 0.1) is 30.1 Å². The summed E-state index contributed by atoms with van der Waals surface area (Å²) in [6.07, 6.45) is 3.06. The molecule has 0 spiro atoms. The summed E-state index contributed by atoms with van der Waals surface area (Å²) in [4.78, 5) is 16.0. The number of hydrogen-bond acceptors (Lipinski definition) is 5. The van der Waals surface area contributed by atoms with Crippen molar-refractivity contribution in [2.75, 3.05) is 19.1 Å².